The highest BCUT2D eigenvalue weighted by atomic mass is 32.2. The van der Waals surface area contributed by atoms with Crippen LogP contribution in [0.15, 0.2) is 0 Å². The minimum Gasteiger partial charge on any atom is -0.465 e. The van der Waals surface area contributed by atoms with Crippen LogP contribution in [0.4, 0.5) is 0 Å². The molecule has 0 N–H and O–H groups in total. The molecule has 2 aliphatic heterocycles. The molecule has 55 heavy (non-hydrogen) atoms. The molecule has 0 aliphatic carbocycles. The molecular weight excluding hydrogens is 733 g/mol. The number of carbonyl (C=O) groups is 2. The molecule has 0 aromatic carbocycles. The van der Waals surface area contributed by atoms with Gasteiger partial charge in [-0.2, -0.15) is 23.5 Å². The SMILES string of the molecule is CCCCCCCCCCCCSCCC(=O)OCC(C)(C)C1OCC2(CO1)COC(C(C)(C)COC(=O)CCSCCCCCCCCCCCC)OC2. The summed E-state index contributed by atoms with van der Waals surface area (Å²) in [6.07, 6.45) is 26.7. The van der Waals surface area contributed by atoms with Gasteiger partial charge in [-0.1, -0.05) is 157 Å². The number of unbranched alkanes of at least 4 members (excludes halogenated alkanes) is 18. The van der Waals surface area contributed by atoms with Crippen LogP contribution in [0.2, 0.25) is 0 Å². The Hall–Kier alpha value is -0.520. The molecule has 0 saturated carbocycles. The summed E-state index contributed by atoms with van der Waals surface area (Å²) in [7, 11) is 0. The third-order valence-corrected chi connectivity index (χ3v) is 13.0. The van der Waals surface area contributed by atoms with Gasteiger partial charge in [-0.25, -0.2) is 0 Å². The Morgan fingerprint density at radius 1 is 0.491 bits per heavy atom. The molecule has 8 nitrogen and oxygen atoms in total. The van der Waals surface area contributed by atoms with Crippen molar-refractivity contribution in [3.8, 4) is 0 Å². The fraction of sp³-hybridized carbons (Fsp3) is 0.956. The number of hydrogen-bond donors (Lipinski definition) is 0. The van der Waals surface area contributed by atoms with Crippen molar-refractivity contribution >= 4 is 35.5 Å². The van der Waals surface area contributed by atoms with Crippen molar-refractivity contribution in [3.05, 3.63) is 0 Å². The zero-order valence-corrected chi connectivity index (χ0v) is 38.0. The normalized spacial score (nSPS) is 20.5. The third-order valence-electron chi connectivity index (χ3n) is 10.8. The fourth-order valence-electron chi connectivity index (χ4n) is 6.97. The van der Waals surface area contributed by atoms with Crippen molar-refractivity contribution in [2.75, 3.05) is 62.7 Å². The van der Waals surface area contributed by atoms with E-state index in [0.717, 1.165) is 23.0 Å². The van der Waals surface area contributed by atoms with Crippen LogP contribution in [-0.4, -0.2) is 87.2 Å². The average Bonchev–Trinajstić information content (AvgIpc) is 3.17. The van der Waals surface area contributed by atoms with Crippen molar-refractivity contribution in [3.63, 3.8) is 0 Å². The van der Waals surface area contributed by atoms with Gasteiger partial charge in [0.15, 0.2) is 12.6 Å². The summed E-state index contributed by atoms with van der Waals surface area (Å²) in [5.74, 6) is 3.49. The maximum Gasteiger partial charge on any atom is 0.306 e. The predicted molar refractivity (Wildman–Crippen MR) is 231 cm³/mol. The van der Waals surface area contributed by atoms with Crippen molar-refractivity contribution in [1.29, 1.82) is 0 Å². The Labute approximate surface area is 346 Å². The highest BCUT2D eigenvalue weighted by Gasteiger charge is 2.48. The van der Waals surface area contributed by atoms with Crippen molar-refractivity contribution < 1.29 is 38.0 Å². The van der Waals surface area contributed by atoms with Gasteiger partial charge in [-0.05, 0) is 24.3 Å². The summed E-state index contributed by atoms with van der Waals surface area (Å²) in [4.78, 5) is 24.9. The topological polar surface area (TPSA) is 89.5 Å². The summed E-state index contributed by atoms with van der Waals surface area (Å²) in [6.45, 7) is 14.8. The van der Waals surface area contributed by atoms with Gasteiger partial charge in [0.1, 0.15) is 13.2 Å². The molecule has 1 spiro atoms. The van der Waals surface area contributed by atoms with Gasteiger partial charge in [0, 0.05) is 22.3 Å². The molecule has 0 unspecified atom stereocenters. The van der Waals surface area contributed by atoms with Crippen molar-refractivity contribution in [2.24, 2.45) is 16.2 Å². The molecule has 2 rings (SSSR count). The first-order chi connectivity index (χ1) is 26.5. The standard InChI is InChI=1S/C45H84O8S2/c1-7-9-11-13-15-17-19-21-23-25-29-54-31-27-39(46)48-33-43(3,4)41-50-35-45(36-51-41)37-52-42(53-38-45)44(5,6)34-49-40(47)28-32-55-30-26-24-22-20-18-16-14-12-10-8-2/h41-42H,7-38H2,1-6H3. The van der Waals surface area contributed by atoms with Crippen LogP contribution < -0.4 is 0 Å². The minimum absolute atomic E-state index is 0.164. The Morgan fingerprint density at radius 2 is 0.782 bits per heavy atom. The van der Waals surface area contributed by atoms with E-state index in [9.17, 15) is 9.59 Å². The number of rotatable bonds is 34. The second-order valence-electron chi connectivity index (χ2n) is 17.8. The third kappa shape index (κ3) is 23.6. The lowest BCUT2D eigenvalue weighted by Crippen LogP contribution is -2.57. The summed E-state index contributed by atoms with van der Waals surface area (Å²) in [5.41, 5.74) is -1.38. The van der Waals surface area contributed by atoms with E-state index in [2.05, 4.69) is 13.8 Å². The summed E-state index contributed by atoms with van der Waals surface area (Å²) in [6, 6.07) is 0. The van der Waals surface area contributed by atoms with Crippen LogP contribution >= 0.6 is 23.5 Å². The molecule has 0 bridgehead atoms. The predicted octanol–water partition coefficient (Wildman–Crippen LogP) is 11.9. The summed E-state index contributed by atoms with van der Waals surface area (Å²) >= 11 is 3.70. The van der Waals surface area contributed by atoms with E-state index in [4.69, 9.17) is 28.4 Å². The van der Waals surface area contributed by atoms with Crippen LogP contribution in [0.5, 0.6) is 0 Å². The first kappa shape index (κ1) is 50.6. The van der Waals surface area contributed by atoms with Crippen LogP contribution in [0.3, 0.4) is 0 Å². The van der Waals surface area contributed by atoms with E-state index in [1.807, 2.05) is 51.2 Å². The minimum atomic E-state index is -0.489. The number of thioether (sulfide) groups is 2. The molecule has 0 aromatic heterocycles. The Bertz CT molecular complexity index is 881. The fourth-order valence-corrected chi connectivity index (χ4v) is 8.82. The molecule has 10 heteroatoms. The molecule has 2 fully saturated rings. The van der Waals surface area contributed by atoms with E-state index in [1.54, 1.807) is 0 Å². The van der Waals surface area contributed by atoms with Gasteiger partial charge in [0.05, 0.1) is 44.7 Å². The Morgan fingerprint density at radius 3 is 1.09 bits per heavy atom. The zero-order chi connectivity index (χ0) is 40.1. The maximum absolute atomic E-state index is 12.5. The van der Waals surface area contributed by atoms with Gasteiger partial charge < -0.3 is 28.4 Å². The first-order valence-corrected chi connectivity index (χ1v) is 24.8. The lowest BCUT2D eigenvalue weighted by molar-refractivity contribution is -0.337. The quantitative estimate of drug-likeness (QED) is 0.0462. The molecule has 2 saturated heterocycles. The molecule has 0 atom stereocenters. The van der Waals surface area contributed by atoms with Gasteiger partial charge in [-0.15, -0.1) is 0 Å². The zero-order valence-electron chi connectivity index (χ0n) is 36.4. The molecule has 2 aliphatic rings. The van der Waals surface area contributed by atoms with Gasteiger partial charge in [-0.3, -0.25) is 9.59 Å². The average molecular weight is 817 g/mol. The van der Waals surface area contributed by atoms with E-state index < -0.39 is 28.8 Å². The van der Waals surface area contributed by atoms with E-state index in [-0.39, 0.29) is 25.2 Å². The molecule has 2 heterocycles. The van der Waals surface area contributed by atoms with Gasteiger partial charge >= 0.3 is 11.9 Å². The van der Waals surface area contributed by atoms with Crippen molar-refractivity contribution in [1.82, 2.24) is 0 Å². The second-order valence-corrected chi connectivity index (χ2v) is 20.2. The highest BCUT2D eigenvalue weighted by Crippen LogP contribution is 2.38. The first-order valence-electron chi connectivity index (χ1n) is 22.5. The maximum atomic E-state index is 12.5. The molecular formula is C45H84O8S2. The molecule has 324 valence electrons. The van der Waals surface area contributed by atoms with Crippen LogP contribution in [-0.2, 0) is 38.0 Å². The summed E-state index contributed by atoms with van der Waals surface area (Å²) in [5, 5.41) is 0. The van der Waals surface area contributed by atoms with Crippen LogP contribution in [0, 0.1) is 16.2 Å². The Kier molecular flexibility index (Phi) is 28.1. The monoisotopic (exact) mass is 817 g/mol. The largest absolute Gasteiger partial charge is 0.465 e. The second kappa shape index (κ2) is 30.5. The van der Waals surface area contributed by atoms with Gasteiger partial charge in [0.2, 0.25) is 0 Å². The van der Waals surface area contributed by atoms with Gasteiger partial charge in [0.25, 0.3) is 0 Å². The smallest absolute Gasteiger partial charge is 0.306 e. The van der Waals surface area contributed by atoms with Crippen molar-refractivity contribution in [2.45, 2.75) is 195 Å². The number of esters is 2. The van der Waals surface area contributed by atoms with E-state index >= 15 is 0 Å². The van der Waals surface area contributed by atoms with E-state index in [0.29, 0.717) is 39.3 Å². The molecule has 0 radical (unpaired) electrons. The Balaban J connectivity index is 1.50. The highest BCUT2D eigenvalue weighted by molar-refractivity contribution is 7.99. The number of ether oxygens (including phenoxy) is 6. The molecule has 0 amide bonds. The van der Waals surface area contributed by atoms with Crippen LogP contribution in [0.1, 0.15) is 183 Å². The lowest BCUT2D eigenvalue weighted by Gasteiger charge is -2.48. The summed E-state index contributed by atoms with van der Waals surface area (Å²) < 4.78 is 36.1. The van der Waals surface area contributed by atoms with Crippen LogP contribution in [0.25, 0.3) is 0 Å². The lowest BCUT2D eigenvalue weighted by atomic mass is 9.86. The number of carbonyl (C=O) groups excluding carboxylic acids is 2. The van der Waals surface area contributed by atoms with E-state index in [1.165, 1.54) is 128 Å². The molecule has 0 aromatic rings. The number of hydrogen-bond acceptors (Lipinski definition) is 10.